The van der Waals surface area contributed by atoms with Gasteiger partial charge in [-0.1, -0.05) is 35.6 Å². The van der Waals surface area contributed by atoms with Crippen LogP contribution in [0.5, 0.6) is 0 Å². The van der Waals surface area contributed by atoms with Crippen LogP contribution in [0.2, 0.25) is 0 Å². The number of carbonyl (C=O) groups is 1. The summed E-state index contributed by atoms with van der Waals surface area (Å²) < 4.78 is 2.58. The number of rotatable bonds is 5. The Hall–Kier alpha value is -1.57. The number of carbonyl (C=O) groups excluding carboxylic acids is 1. The quantitative estimate of drug-likeness (QED) is 0.747. The lowest BCUT2D eigenvalue weighted by atomic mass is 10.1. The van der Waals surface area contributed by atoms with Crippen LogP contribution in [0.25, 0.3) is 0 Å². The summed E-state index contributed by atoms with van der Waals surface area (Å²) >= 11 is 6.95. The minimum Gasteiger partial charge on any atom is -0.284 e. The molecular weight excluding hydrogens is 352 g/mol. The molecule has 1 heterocycles. The van der Waals surface area contributed by atoms with Crippen molar-refractivity contribution in [1.29, 1.82) is 0 Å². The lowest BCUT2D eigenvalue weighted by Crippen LogP contribution is -2.31. The third-order valence-electron chi connectivity index (χ3n) is 5.04. The molecule has 2 aliphatic rings. The molecule has 0 saturated heterocycles. The predicted octanol–water partition coefficient (Wildman–Crippen LogP) is 3.77. The average molecular weight is 375 g/mol. The van der Waals surface area contributed by atoms with Gasteiger partial charge < -0.3 is 0 Å². The van der Waals surface area contributed by atoms with Crippen LogP contribution in [0.3, 0.4) is 0 Å². The van der Waals surface area contributed by atoms with E-state index in [0.717, 1.165) is 34.8 Å². The fraction of sp³-hybridized carbons (Fsp3) is 0.500. The highest BCUT2D eigenvalue weighted by atomic mass is 32.1. The molecular formula is C18H22N4OS2. The fourth-order valence-electron chi connectivity index (χ4n) is 3.67. The molecule has 1 amide bonds. The van der Waals surface area contributed by atoms with Crippen molar-refractivity contribution in [2.45, 2.75) is 51.4 Å². The molecule has 0 aliphatic heterocycles. The van der Waals surface area contributed by atoms with Crippen molar-refractivity contribution < 1.29 is 4.79 Å². The Morgan fingerprint density at radius 3 is 2.84 bits per heavy atom. The second-order valence-electron chi connectivity index (χ2n) is 6.92. The molecule has 0 N–H and O–H groups in total. The second kappa shape index (κ2) is 6.63. The lowest BCUT2D eigenvalue weighted by Gasteiger charge is -2.25. The minimum atomic E-state index is 0.0523. The van der Waals surface area contributed by atoms with Gasteiger partial charge in [-0.2, -0.15) is 0 Å². The van der Waals surface area contributed by atoms with Crippen LogP contribution >= 0.6 is 23.6 Å². The number of nitrogens with zero attached hydrogens (tertiary/aromatic N) is 4. The zero-order chi connectivity index (χ0) is 17.6. The van der Waals surface area contributed by atoms with Gasteiger partial charge in [-0.05, 0) is 56.1 Å². The maximum atomic E-state index is 12.0. The van der Waals surface area contributed by atoms with Crippen molar-refractivity contribution in [3.8, 4) is 0 Å². The van der Waals surface area contributed by atoms with Gasteiger partial charge in [0.1, 0.15) is 0 Å². The van der Waals surface area contributed by atoms with Crippen LogP contribution in [0, 0.1) is 3.95 Å². The van der Waals surface area contributed by atoms with Crippen LogP contribution < -0.4 is 4.90 Å². The van der Waals surface area contributed by atoms with Gasteiger partial charge in [-0.25, -0.2) is 4.68 Å². The number of benzene rings is 1. The molecule has 1 aromatic heterocycles. The highest BCUT2D eigenvalue weighted by Gasteiger charge is 2.34. The Labute approximate surface area is 156 Å². The minimum absolute atomic E-state index is 0.0523. The summed E-state index contributed by atoms with van der Waals surface area (Å²) in [6.07, 6.45) is 4.37. The van der Waals surface area contributed by atoms with E-state index in [1.165, 1.54) is 22.5 Å². The van der Waals surface area contributed by atoms with Gasteiger partial charge in [0, 0.05) is 19.0 Å². The molecule has 0 spiro atoms. The lowest BCUT2D eigenvalue weighted by molar-refractivity contribution is -0.116. The molecule has 5 nitrogen and oxygen atoms in total. The number of amides is 1. The van der Waals surface area contributed by atoms with Crippen LogP contribution in [0.15, 0.2) is 24.3 Å². The molecule has 1 aromatic carbocycles. The maximum absolute atomic E-state index is 12.0. The summed E-state index contributed by atoms with van der Waals surface area (Å²) in [5, 5.41) is 5.39. The van der Waals surface area contributed by atoms with E-state index in [1.807, 2.05) is 9.58 Å². The normalized spacial score (nSPS) is 19.2. The summed E-state index contributed by atoms with van der Waals surface area (Å²) in [4.78, 5) is 16.1. The van der Waals surface area contributed by atoms with Gasteiger partial charge in [-0.15, -0.1) is 5.10 Å². The van der Waals surface area contributed by atoms with Crippen molar-refractivity contribution in [1.82, 2.24) is 14.7 Å². The molecule has 2 aromatic rings. The molecule has 4 rings (SSSR count). The summed E-state index contributed by atoms with van der Waals surface area (Å²) in [6.45, 7) is 2.25. The molecule has 132 valence electrons. The summed E-state index contributed by atoms with van der Waals surface area (Å²) in [7, 11) is 2.12. The van der Waals surface area contributed by atoms with E-state index in [0.29, 0.717) is 18.8 Å². The average Bonchev–Trinajstić information content (AvgIpc) is 3.20. The Balaban J connectivity index is 1.53. The van der Waals surface area contributed by atoms with Crippen LogP contribution in [0.4, 0.5) is 5.13 Å². The summed E-state index contributed by atoms with van der Waals surface area (Å²) in [5.41, 5.74) is 2.86. The maximum Gasteiger partial charge on any atom is 0.225 e. The van der Waals surface area contributed by atoms with Crippen molar-refractivity contribution in [3.05, 3.63) is 39.3 Å². The number of anilines is 1. The van der Waals surface area contributed by atoms with E-state index in [1.54, 1.807) is 6.92 Å². The summed E-state index contributed by atoms with van der Waals surface area (Å²) in [5.74, 6) is 0.0523. The third-order valence-corrected chi connectivity index (χ3v) is 6.35. The van der Waals surface area contributed by atoms with Crippen molar-refractivity contribution in [3.63, 3.8) is 0 Å². The highest BCUT2D eigenvalue weighted by Crippen LogP contribution is 2.36. The Kier molecular flexibility index (Phi) is 4.47. The first-order chi connectivity index (χ1) is 12.0. The topological polar surface area (TPSA) is 41.4 Å². The van der Waals surface area contributed by atoms with Crippen molar-refractivity contribution in [2.75, 3.05) is 11.9 Å². The second-order valence-corrected chi connectivity index (χ2v) is 8.52. The van der Waals surface area contributed by atoms with E-state index in [-0.39, 0.29) is 5.91 Å². The first kappa shape index (κ1) is 16.9. The van der Waals surface area contributed by atoms with E-state index >= 15 is 0 Å². The highest BCUT2D eigenvalue weighted by molar-refractivity contribution is 7.73. The fourth-order valence-corrected chi connectivity index (χ4v) is 4.86. The summed E-state index contributed by atoms with van der Waals surface area (Å²) in [6, 6.07) is 9.37. The molecule has 1 saturated carbocycles. The standard InChI is InChI=1S/C18H22N4OS2/c1-12(23)22(14-8-9-14)17-19-21(18(24)25-17)11-20(2)16-10-7-13-5-3-4-6-15(13)16/h3-6,14,16H,7-11H2,1-2H3. The van der Waals surface area contributed by atoms with Gasteiger partial charge in [-0.3, -0.25) is 14.6 Å². The number of hydrogen-bond donors (Lipinski definition) is 0. The van der Waals surface area contributed by atoms with E-state index < -0.39 is 0 Å². The first-order valence-corrected chi connectivity index (χ1v) is 9.93. The molecule has 0 bridgehead atoms. The monoisotopic (exact) mass is 374 g/mol. The van der Waals surface area contributed by atoms with Crippen molar-refractivity contribution in [2.24, 2.45) is 0 Å². The van der Waals surface area contributed by atoms with E-state index in [4.69, 9.17) is 12.2 Å². The zero-order valence-corrected chi connectivity index (χ0v) is 16.1. The van der Waals surface area contributed by atoms with E-state index in [2.05, 4.69) is 41.3 Å². The van der Waals surface area contributed by atoms with Crippen LogP contribution in [0.1, 0.15) is 43.4 Å². The predicted molar refractivity (Wildman–Crippen MR) is 102 cm³/mol. The molecule has 1 atom stereocenters. The number of aromatic nitrogens is 2. The Bertz CT molecular complexity index is 855. The van der Waals surface area contributed by atoms with Gasteiger partial charge in [0.25, 0.3) is 0 Å². The van der Waals surface area contributed by atoms with Gasteiger partial charge in [0.2, 0.25) is 11.0 Å². The Morgan fingerprint density at radius 2 is 2.12 bits per heavy atom. The molecule has 1 fully saturated rings. The molecule has 0 radical (unpaired) electrons. The van der Waals surface area contributed by atoms with E-state index in [9.17, 15) is 4.79 Å². The molecule has 25 heavy (non-hydrogen) atoms. The number of hydrogen-bond acceptors (Lipinski definition) is 5. The smallest absolute Gasteiger partial charge is 0.225 e. The van der Waals surface area contributed by atoms with Crippen molar-refractivity contribution >= 4 is 34.6 Å². The van der Waals surface area contributed by atoms with Crippen LogP contribution in [-0.4, -0.2) is 33.7 Å². The number of fused-ring (bicyclic) bond motifs is 1. The molecule has 2 aliphatic carbocycles. The van der Waals surface area contributed by atoms with Gasteiger partial charge in [0.15, 0.2) is 3.95 Å². The zero-order valence-electron chi connectivity index (χ0n) is 14.5. The Morgan fingerprint density at radius 1 is 1.36 bits per heavy atom. The number of aryl methyl sites for hydroxylation is 1. The molecule has 1 unspecified atom stereocenters. The SMILES string of the molecule is CC(=O)N(c1nn(CN(C)C2CCc3ccccc32)c(=S)s1)C1CC1. The first-order valence-electron chi connectivity index (χ1n) is 8.70. The van der Waals surface area contributed by atoms with Gasteiger partial charge >= 0.3 is 0 Å². The van der Waals surface area contributed by atoms with Gasteiger partial charge in [0.05, 0.1) is 6.67 Å². The third kappa shape index (κ3) is 3.28. The van der Waals surface area contributed by atoms with Crippen LogP contribution in [-0.2, 0) is 17.9 Å². The largest absolute Gasteiger partial charge is 0.284 e. The molecule has 7 heteroatoms.